The highest BCUT2D eigenvalue weighted by atomic mass is 19.1. The molecule has 0 atom stereocenters. The minimum Gasteiger partial charge on any atom is -0.492 e. The van der Waals surface area contributed by atoms with E-state index in [9.17, 15) is 9.18 Å². The molecule has 2 aromatic carbocycles. The second-order valence-corrected chi connectivity index (χ2v) is 6.51. The van der Waals surface area contributed by atoms with Crippen molar-refractivity contribution in [3.8, 4) is 5.75 Å². The van der Waals surface area contributed by atoms with Crippen molar-refractivity contribution in [3.63, 3.8) is 0 Å². The first kappa shape index (κ1) is 18.4. The highest BCUT2D eigenvalue weighted by Crippen LogP contribution is 2.11. The van der Waals surface area contributed by atoms with Crippen LogP contribution in [0.3, 0.4) is 0 Å². The molecule has 138 valence electrons. The lowest BCUT2D eigenvalue weighted by Gasteiger charge is -2.34. The van der Waals surface area contributed by atoms with E-state index in [1.54, 1.807) is 6.07 Å². The van der Waals surface area contributed by atoms with Gasteiger partial charge in [0.15, 0.2) is 0 Å². The van der Waals surface area contributed by atoms with Crippen LogP contribution in [-0.4, -0.2) is 55.0 Å². The first-order valence-electron chi connectivity index (χ1n) is 9.13. The van der Waals surface area contributed by atoms with E-state index in [0.717, 1.165) is 44.0 Å². The number of carbonyl (C=O) groups is 1. The second-order valence-electron chi connectivity index (χ2n) is 6.51. The minimum absolute atomic E-state index is 0.148. The van der Waals surface area contributed by atoms with Crippen molar-refractivity contribution in [1.82, 2.24) is 9.80 Å². The molecule has 1 fully saturated rings. The van der Waals surface area contributed by atoms with Crippen LogP contribution in [0.4, 0.5) is 4.39 Å². The normalized spacial score (nSPS) is 15.0. The zero-order chi connectivity index (χ0) is 18.2. The van der Waals surface area contributed by atoms with Gasteiger partial charge in [-0.15, -0.1) is 0 Å². The highest BCUT2D eigenvalue weighted by Gasteiger charge is 2.20. The van der Waals surface area contributed by atoms with Crippen LogP contribution < -0.4 is 4.74 Å². The van der Waals surface area contributed by atoms with Crippen molar-refractivity contribution >= 4 is 5.91 Å². The third-order valence-corrected chi connectivity index (χ3v) is 4.66. The number of amides is 1. The van der Waals surface area contributed by atoms with Gasteiger partial charge in [-0.2, -0.15) is 0 Å². The number of para-hydroxylation sites is 1. The van der Waals surface area contributed by atoms with Gasteiger partial charge in [0.25, 0.3) is 0 Å². The Hall–Kier alpha value is -2.40. The van der Waals surface area contributed by atoms with Gasteiger partial charge < -0.3 is 9.64 Å². The minimum atomic E-state index is -0.249. The molecule has 0 aliphatic carbocycles. The molecule has 1 heterocycles. The number of halogens is 1. The molecule has 26 heavy (non-hydrogen) atoms. The van der Waals surface area contributed by atoms with Gasteiger partial charge in [-0.25, -0.2) is 4.39 Å². The number of carbonyl (C=O) groups excluding carboxylic acids is 1. The SMILES string of the molecule is O=C(CCc1cccc(F)c1)N1CCN(CCOc2ccccc2)CC1. The first-order valence-corrected chi connectivity index (χ1v) is 9.13. The Morgan fingerprint density at radius 3 is 2.50 bits per heavy atom. The van der Waals surface area contributed by atoms with Crippen LogP contribution in [0.25, 0.3) is 0 Å². The number of benzene rings is 2. The van der Waals surface area contributed by atoms with Crippen molar-refractivity contribution in [2.45, 2.75) is 12.8 Å². The van der Waals surface area contributed by atoms with Crippen LogP contribution >= 0.6 is 0 Å². The third-order valence-electron chi connectivity index (χ3n) is 4.66. The standard InChI is InChI=1S/C21H25FN2O2/c22-19-6-4-5-18(17-19)9-10-21(25)24-13-11-23(12-14-24)15-16-26-20-7-2-1-3-8-20/h1-8,17H,9-16H2. The Kier molecular flexibility index (Phi) is 6.61. The van der Waals surface area contributed by atoms with E-state index in [0.29, 0.717) is 19.4 Å². The lowest BCUT2D eigenvalue weighted by Crippen LogP contribution is -2.49. The molecule has 2 aromatic rings. The summed E-state index contributed by atoms with van der Waals surface area (Å²) in [6, 6.07) is 16.3. The summed E-state index contributed by atoms with van der Waals surface area (Å²) in [5.74, 6) is 0.786. The number of hydrogen-bond donors (Lipinski definition) is 0. The Bertz CT molecular complexity index is 700. The molecule has 1 aliphatic rings. The third kappa shape index (κ3) is 5.56. The fourth-order valence-corrected chi connectivity index (χ4v) is 3.13. The van der Waals surface area contributed by atoms with E-state index in [1.165, 1.54) is 12.1 Å². The summed E-state index contributed by atoms with van der Waals surface area (Å²) in [4.78, 5) is 16.6. The lowest BCUT2D eigenvalue weighted by molar-refractivity contribution is -0.132. The van der Waals surface area contributed by atoms with Gasteiger partial charge in [-0.3, -0.25) is 9.69 Å². The highest BCUT2D eigenvalue weighted by molar-refractivity contribution is 5.76. The fraction of sp³-hybridized carbons (Fsp3) is 0.381. The molecule has 0 unspecified atom stereocenters. The average Bonchev–Trinajstić information content (AvgIpc) is 2.68. The van der Waals surface area contributed by atoms with Gasteiger partial charge in [0, 0.05) is 39.1 Å². The smallest absolute Gasteiger partial charge is 0.222 e. The molecule has 0 N–H and O–H groups in total. The molecule has 0 bridgehead atoms. The summed E-state index contributed by atoms with van der Waals surface area (Å²) in [5.41, 5.74) is 0.870. The molecule has 1 aliphatic heterocycles. The van der Waals surface area contributed by atoms with Crippen molar-refractivity contribution in [3.05, 3.63) is 66.0 Å². The van der Waals surface area contributed by atoms with Crippen LogP contribution in [0.2, 0.25) is 0 Å². The number of aryl methyl sites for hydroxylation is 1. The van der Waals surface area contributed by atoms with E-state index < -0.39 is 0 Å². The molecule has 0 aromatic heterocycles. The Balaban J connectivity index is 1.34. The fourth-order valence-electron chi connectivity index (χ4n) is 3.13. The van der Waals surface area contributed by atoms with E-state index in [1.807, 2.05) is 41.3 Å². The summed E-state index contributed by atoms with van der Waals surface area (Å²) in [5, 5.41) is 0. The van der Waals surface area contributed by atoms with E-state index in [2.05, 4.69) is 4.90 Å². The molecule has 3 rings (SSSR count). The van der Waals surface area contributed by atoms with Gasteiger partial charge in [0.1, 0.15) is 18.2 Å². The largest absolute Gasteiger partial charge is 0.492 e. The molecule has 0 spiro atoms. The monoisotopic (exact) mass is 356 g/mol. The molecule has 0 saturated carbocycles. The predicted octanol–water partition coefficient (Wildman–Crippen LogP) is 2.98. The molecule has 4 nitrogen and oxygen atoms in total. The van der Waals surface area contributed by atoms with Crippen LogP contribution in [0, 0.1) is 5.82 Å². The van der Waals surface area contributed by atoms with Crippen molar-refractivity contribution in [2.75, 3.05) is 39.3 Å². The van der Waals surface area contributed by atoms with Gasteiger partial charge in [0.05, 0.1) is 0 Å². The average molecular weight is 356 g/mol. The quantitative estimate of drug-likeness (QED) is 0.765. The number of hydrogen-bond acceptors (Lipinski definition) is 3. The summed E-state index contributed by atoms with van der Waals surface area (Å²) < 4.78 is 18.9. The van der Waals surface area contributed by atoms with Crippen LogP contribution in [-0.2, 0) is 11.2 Å². The zero-order valence-electron chi connectivity index (χ0n) is 14.9. The number of piperazine rings is 1. The Morgan fingerprint density at radius 2 is 1.77 bits per heavy atom. The maximum atomic E-state index is 13.2. The molecule has 1 amide bonds. The van der Waals surface area contributed by atoms with Gasteiger partial charge in [-0.05, 0) is 36.2 Å². The summed E-state index contributed by atoms with van der Waals surface area (Å²) in [7, 11) is 0. The van der Waals surface area contributed by atoms with Crippen molar-refractivity contribution in [2.24, 2.45) is 0 Å². The Morgan fingerprint density at radius 1 is 1.00 bits per heavy atom. The number of ether oxygens (including phenoxy) is 1. The number of nitrogens with zero attached hydrogens (tertiary/aromatic N) is 2. The molecule has 5 heteroatoms. The van der Waals surface area contributed by atoms with Crippen molar-refractivity contribution in [1.29, 1.82) is 0 Å². The van der Waals surface area contributed by atoms with E-state index >= 15 is 0 Å². The summed E-state index contributed by atoms with van der Waals surface area (Å²) >= 11 is 0. The lowest BCUT2D eigenvalue weighted by atomic mass is 10.1. The maximum absolute atomic E-state index is 13.2. The van der Waals surface area contributed by atoms with E-state index in [4.69, 9.17) is 4.74 Å². The Labute approximate surface area is 154 Å². The number of rotatable bonds is 7. The van der Waals surface area contributed by atoms with Crippen LogP contribution in [0.15, 0.2) is 54.6 Å². The first-order chi connectivity index (χ1) is 12.7. The molecular formula is C21H25FN2O2. The van der Waals surface area contributed by atoms with Gasteiger partial charge in [-0.1, -0.05) is 30.3 Å². The zero-order valence-corrected chi connectivity index (χ0v) is 14.9. The predicted molar refractivity (Wildman–Crippen MR) is 99.7 cm³/mol. The van der Waals surface area contributed by atoms with Gasteiger partial charge >= 0.3 is 0 Å². The van der Waals surface area contributed by atoms with Crippen LogP contribution in [0.5, 0.6) is 5.75 Å². The van der Waals surface area contributed by atoms with Crippen LogP contribution in [0.1, 0.15) is 12.0 Å². The summed E-state index contributed by atoms with van der Waals surface area (Å²) in [6.45, 7) is 4.73. The topological polar surface area (TPSA) is 32.8 Å². The molecule has 0 radical (unpaired) electrons. The molecular weight excluding hydrogens is 331 g/mol. The van der Waals surface area contributed by atoms with E-state index in [-0.39, 0.29) is 11.7 Å². The molecule has 1 saturated heterocycles. The van der Waals surface area contributed by atoms with Gasteiger partial charge in [0.2, 0.25) is 5.91 Å². The second kappa shape index (κ2) is 9.34. The van der Waals surface area contributed by atoms with Crippen molar-refractivity contribution < 1.29 is 13.9 Å². The maximum Gasteiger partial charge on any atom is 0.222 e. The summed E-state index contributed by atoms with van der Waals surface area (Å²) in [6.07, 6.45) is 1.02.